The molecular weight excluding hydrogens is 487 g/mol. The summed E-state index contributed by atoms with van der Waals surface area (Å²) in [5, 5.41) is 12.0. The number of ether oxygens (including phenoxy) is 1. The highest BCUT2D eigenvalue weighted by atomic mass is 19.1. The van der Waals surface area contributed by atoms with E-state index in [-0.39, 0.29) is 28.5 Å². The van der Waals surface area contributed by atoms with Crippen LogP contribution in [-0.4, -0.2) is 71.1 Å². The third kappa shape index (κ3) is 5.08. The maximum absolute atomic E-state index is 15.0. The van der Waals surface area contributed by atoms with Gasteiger partial charge >= 0.3 is 0 Å². The van der Waals surface area contributed by atoms with Crippen molar-refractivity contribution in [1.82, 2.24) is 14.4 Å². The number of nitrogens with zero attached hydrogens (tertiary/aromatic N) is 4. The van der Waals surface area contributed by atoms with E-state index in [0.29, 0.717) is 38.2 Å². The van der Waals surface area contributed by atoms with Crippen LogP contribution in [0.1, 0.15) is 49.3 Å². The molecule has 1 aromatic carbocycles. The van der Waals surface area contributed by atoms with E-state index in [1.54, 1.807) is 19.3 Å². The largest absolute Gasteiger partial charge is 0.385 e. The molecule has 0 N–H and O–H groups in total. The number of rotatable bonds is 8. The van der Waals surface area contributed by atoms with Gasteiger partial charge in [-0.05, 0) is 56.4 Å². The molecule has 1 aromatic heterocycles. The van der Waals surface area contributed by atoms with Crippen molar-refractivity contribution in [2.75, 3.05) is 39.9 Å². The van der Waals surface area contributed by atoms with Gasteiger partial charge < -0.3 is 19.1 Å². The van der Waals surface area contributed by atoms with E-state index in [2.05, 4.69) is 16.4 Å². The van der Waals surface area contributed by atoms with Crippen molar-refractivity contribution in [2.45, 2.75) is 57.5 Å². The molecule has 204 valence electrons. The second-order valence-corrected chi connectivity index (χ2v) is 10.8. The summed E-state index contributed by atoms with van der Waals surface area (Å²) in [6.07, 6.45) is 9.25. The van der Waals surface area contributed by atoms with Gasteiger partial charge in [0.1, 0.15) is 5.82 Å². The molecule has 1 aliphatic carbocycles. The lowest BCUT2D eigenvalue weighted by Gasteiger charge is -2.35. The number of para-hydroxylation sites is 1. The van der Waals surface area contributed by atoms with Crippen LogP contribution in [0.5, 0.6) is 0 Å². The van der Waals surface area contributed by atoms with Crippen LogP contribution in [0.3, 0.4) is 0 Å². The first-order valence-electron chi connectivity index (χ1n) is 13.7. The van der Waals surface area contributed by atoms with E-state index >= 15 is 4.39 Å². The van der Waals surface area contributed by atoms with E-state index in [1.165, 1.54) is 6.07 Å². The number of halogens is 1. The first-order chi connectivity index (χ1) is 18.4. The van der Waals surface area contributed by atoms with Crippen LogP contribution in [0, 0.1) is 28.8 Å². The van der Waals surface area contributed by atoms with Gasteiger partial charge in [-0.25, -0.2) is 4.39 Å². The number of fused-ring (bicyclic) bond motifs is 1. The maximum atomic E-state index is 15.0. The minimum absolute atomic E-state index is 0.0811. The predicted octanol–water partition coefficient (Wildman–Crippen LogP) is 4.64. The number of aromatic nitrogens is 1. The molecule has 38 heavy (non-hydrogen) atoms. The van der Waals surface area contributed by atoms with Gasteiger partial charge in [0.05, 0.1) is 11.4 Å². The summed E-state index contributed by atoms with van der Waals surface area (Å²) in [6.45, 7) is 6.17. The number of aryl methyl sites for hydroxylation is 2. The number of likely N-dealkylation sites (tertiary alicyclic amines) is 2. The number of carbonyl (C=O) groups excluding carboxylic acids is 1. The van der Waals surface area contributed by atoms with Crippen LogP contribution in [-0.2, 0) is 16.1 Å². The summed E-state index contributed by atoms with van der Waals surface area (Å²) in [4.78, 5) is 28.6. The Morgan fingerprint density at radius 1 is 1.24 bits per heavy atom. The van der Waals surface area contributed by atoms with E-state index < -0.39 is 6.04 Å². The molecule has 2 unspecified atom stereocenters. The molecule has 0 radical (unpaired) electrons. The van der Waals surface area contributed by atoms with Crippen LogP contribution in [0.2, 0.25) is 0 Å². The molecule has 8 nitrogen and oxygen atoms in total. The zero-order valence-electron chi connectivity index (χ0n) is 22.3. The second kappa shape index (κ2) is 11.3. The number of allylic oxidation sites excluding steroid dienone is 1. The van der Waals surface area contributed by atoms with Crippen molar-refractivity contribution in [3.8, 4) is 0 Å². The first-order valence-corrected chi connectivity index (χ1v) is 13.7. The zero-order chi connectivity index (χ0) is 26.8. The van der Waals surface area contributed by atoms with Crippen LogP contribution >= 0.6 is 0 Å². The van der Waals surface area contributed by atoms with Crippen LogP contribution in [0.15, 0.2) is 42.1 Å². The summed E-state index contributed by atoms with van der Waals surface area (Å²) in [5.74, 6) is 0.0521. The summed E-state index contributed by atoms with van der Waals surface area (Å²) in [7, 11) is 1.68. The fourth-order valence-corrected chi connectivity index (χ4v) is 6.52. The molecule has 2 fully saturated rings. The summed E-state index contributed by atoms with van der Waals surface area (Å²) in [6, 6.07) is 4.62. The smallest absolute Gasteiger partial charge is 0.235 e. The highest BCUT2D eigenvalue weighted by molar-refractivity contribution is 5.86. The van der Waals surface area contributed by atoms with Crippen molar-refractivity contribution in [3.63, 3.8) is 0 Å². The SMILES string of the molecule is COCCCn1c(C2CCCN(C(=O)[C@H]3CCN(C4=CCC([N+](=O)[O-])C=C4)C3)C2)c(C)c2cccc(F)c21. The van der Waals surface area contributed by atoms with E-state index in [9.17, 15) is 14.9 Å². The molecule has 0 bridgehead atoms. The Morgan fingerprint density at radius 2 is 2.08 bits per heavy atom. The van der Waals surface area contributed by atoms with E-state index in [1.807, 2.05) is 23.1 Å². The van der Waals surface area contributed by atoms with Crippen LogP contribution < -0.4 is 0 Å². The number of nitro groups is 1. The van der Waals surface area contributed by atoms with Crippen molar-refractivity contribution >= 4 is 16.8 Å². The lowest BCUT2D eigenvalue weighted by atomic mass is 9.91. The summed E-state index contributed by atoms with van der Waals surface area (Å²) in [5.41, 5.74) is 3.88. The van der Waals surface area contributed by atoms with Crippen molar-refractivity contribution < 1.29 is 18.8 Å². The molecule has 9 heteroatoms. The Balaban J connectivity index is 1.31. The Bertz CT molecular complexity index is 1270. The Hall–Kier alpha value is -3.20. The van der Waals surface area contributed by atoms with Gasteiger partial charge in [0.15, 0.2) is 0 Å². The molecular formula is C29H37FN4O4. The standard InChI is InChI=1S/C29H37FN4O4/c1-20-25-7-3-8-26(30)28(25)33(15-5-17-38-2)27(20)21-6-4-14-32(18-21)29(35)22-13-16-31(19-22)23-9-11-24(12-10-23)34(36)37/h3,7-11,21-22,24H,4-6,12-19H2,1-2H3/t21?,22-,24?/m0/s1. The number of methoxy groups -OCH3 is 1. The van der Waals surface area contributed by atoms with Gasteiger partial charge in [-0.15, -0.1) is 0 Å². The highest BCUT2D eigenvalue weighted by Gasteiger charge is 2.36. The summed E-state index contributed by atoms with van der Waals surface area (Å²) < 4.78 is 22.4. The number of hydrogen-bond donors (Lipinski definition) is 0. The third-order valence-corrected chi connectivity index (χ3v) is 8.42. The molecule has 2 saturated heterocycles. The fourth-order valence-electron chi connectivity index (χ4n) is 6.52. The Labute approximate surface area is 222 Å². The highest BCUT2D eigenvalue weighted by Crippen LogP contribution is 2.37. The molecule has 1 amide bonds. The molecule has 3 aliphatic rings. The minimum atomic E-state index is -0.661. The molecule has 5 rings (SSSR count). The Morgan fingerprint density at radius 3 is 2.82 bits per heavy atom. The van der Waals surface area contributed by atoms with Crippen molar-refractivity contribution in [3.05, 3.63) is 69.3 Å². The first kappa shape index (κ1) is 26.4. The quantitative estimate of drug-likeness (QED) is 0.286. The van der Waals surface area contributed by atoms with Crippen molar-refractivity contribution in [1.29, 1.82) is 0 Å². The number of hydrogen-bond acceptors (Lipinski definition) is 5. The van der Waals surface area contributed by atoms with Gasteiger partial charge in [-0.3, -0.25) is 14.9 Å². The minimum Gasteiger partial charge on any atom is -0.385 e. The zero-order valence-corrected chi connectivity index (χ0v) is 22.3. The van der Waals surface area contributed by atoms with Gasteiger partial charge in [0.25, 0.3) is 0 Å². The molecule has 2 aromatic rings. The number of benzene rings is 1. The summed E-state index contributed by atoms with van der Waals surface area (Å²) >= 11 is 0. The molecule has 3 heterocycles. The van der Waals surface area contributed by atoms with Crippen molar-refractivity contribution in [2.24, 2.45) is 5.92 Å². The molecule has 0 saturated carbocycles. The number of piperidine rings is 1. The topological polar surface area (TPSA) is 80.8 Å². The van der Waals surface area contributed by atoms with Gasteiger partial charge in [0.2, 0.25) is 11.9 Å². The van der Waals surface area contributed by atoms with E-state index in [0.717, 1.165) is 61.1 Å². The second-order valence-electron chi connectivity index (χ2n) is 10.8. The average Bonchev–Trinajstić information content (AvgIpc) is 3.53. The number of carbonyl (C=O) groups is 1. The monoisotopic (exact) mass is 524 g/mol. The lowest BCUT2D eigenvalue weighted by Crippen LogP contribution is -2.43. The predicted molar refractivity (Wildman–Crippen MR) is 144 cm³/mol. The third-order valence-electron chi connectivity index (χ3n) is 8.42. The Kier molecular flexibility index (Phi) is 7.83. The maximum Gasteiger partial charge on any atom is 0.235 e. The van der Waals surface area contributed by atoms with Gasteiger partial charge in [-0.1, -0.05) is 18.2 Å². The normalized spacial score (nSPS) is 23.8. The fraction of sp³-hybridized carbons (Fsp3) is 0.552. The van der Waals surface area contributed by atoms with Gasteiger partial charge in [-0.2, -0.15) is 0 Å². The average molecular weight is 525 g/mol. The number of amides is 1. The molecule has 0 spiro atoms. The van der Waals surface area contributed by atoms with E-state index in [4.69, 9.17) is 4.74 Å². The van der Waals surface area contributed by atoms with Gasteiger partial charge in [0, 0.05) is 80.5 Å². The molecule has 3 atom stereocenters. The lowest BCUT2D eigenvalue weighted by molar-refractivity contribution is -0.508. The van der Waals surface area contributed by atoms with Crippen LogP contribution in [0.25, 0.3) is 10.9 Å². The van der Waals surface area contributed by atoms with Crippen LogP contribution in [0.4, 0.5) is 4.39 Å². The molecule has 2 aliphatic heterocycles.